The smallest absolute Gasteiger partial charge is 0.273 e. The van der Waals surface area contributed by atoms with Crippen LogP contribution in [0.4, 0.5) is 0 Å². The van der Waals surface area contributed by atoms with Gasteiger partial charge in [-0.05, 0) is 6.42 Å². The number of rotatable bonds is 4. The van der Waals surface area contributed by atoms with Crippen LogP contribution in [-0.2, 0) is 11.2 Å². The molecule has 9 heteroatoms. The molecule has 8 nitrogen and oxygen atoms in total. The number of amides is 2. The van der Waals surface area contributed by atoms with E-state index >= 15 is 0 Å². The number of carbonyl (C=O) groups is 2. The second kappa shape index (κ2) is 7.45. The van der Waals surface area contributed by atoms with Gasteiger partial charge in [0.05, 0.1) is 30.6 Å². The van der Waals surface area contributed by atoms with E-state index in [1.807, 2.05) is 0 Å². The monoisotopic (exact) mass is 347 g/mol. The Hall–Kier alpha value is -2.39. The van der Waals surface area contributed by atoms with Crippen molar-refractivity contribution in [3.63, 3.8) is 0 Å². The Morgan fingerprint density at radius 3 is 2.83 bits per heavy atom. The molecule has 0 bridgehead atoms. The van der Waals surface area contributed by atoms with Crippen LogP contribution in [0.15, 0.2) is 23.3 Å². The topological polar surface area (TPSA) is 111 Å². The number of nitrogens with zero attached hydrogens (tertiary/aromatic N) is 4. The first-order valence-corrected chi connectivity index (χ1v) is 8.43. The van der Waals surface area contributed by atoms with E-state index in [4.69, 9.17) is 10.5 Å². The second-order valence-corrected chi connectivity index (χ2v) is 6.25. The molecule has 0 spiro atoms. The summed E-state index contributed by atoms with van der Waals surface area (Å²) in [7, 11) is 0. The summed E-state index contributed by atoms with van der Waals surface area (Å²) in [5.41, 5.74) is 8.14. The third-order valence-electron chi connectivity index (χ3n) is 3.73. The average molecular weight is 347 g/mol. The molecule has 126 valence electrons. The molecule has 2 aromatic rings. The van der Waals surface area contributed by atoms with E-state index in [-0.39, 0.29) is 17.5 Å². The molecule has 0 saturated carbocycles. The number of thiazole rings is 1. The van der Waals surface area contributed by atoms with Crippen LogP contribution < -0.4 is 5.73 Å². The van der Waals surface area contributed by atoms with Crippen LogP contribution in [0.1, 0.15) is 26.7 Å². The van der Waals surface area contributed by atoms with Gasteiger partial charge in [-0.1, -0.05) is 0 Å². The fraction of sp³-hybridized carbons (Fsp3) is 0.400. The van der Waals surface area contributed by atoms with Crippen LogP contribution in [0.25, 0.3) is 0 Å². The lowest BCUT2D eigenvalue weighted by molar-refractivity contribution is 0.0732. The van der Waals surface area contributed by atoms with Crippen LogP contribution in [-0.4, -0.2) is 58.0 Å². The molecule has 0 radical (unpaired) electrons. The maximum Gasteiger partial charge on any atom is 0.273 e. The first-order valence-electron chi connectivity index (χ1n) is 7.49. The van der Waals surface area contributed by atoms with Gasteiger partial charge < -0.3 is 15.4 Å². The third-order valence-corrected chi connectivity index (χ3v) is 4.32. The van der Waals surface area contributed by atoms with Crippen molar-refractivity contribution in [2.75, 3.05) is 26.3 Å². The van der Waals surface area contributed by atoms with Crippen molar-refractivity contribution >= 4 is 23.2 Å². The SMILES string of the molecule is NC(=O)c1cnc(C[C@@H]2COCCN(C(=O)c3cscn3)C2)cn1. The van der Waals surface area contributed by atoms with E-state index in [0.29, 0.717) is 38.4 Å². The molecule has 3 heterocycles. The van der Waals surface area contributed by atoms with Crippen LogP contribution >= 0.6 is 11.3 Å². The Morgan fingerprint density at radius 1 is 1.29 bits per heavy atom. The van der Waals surface area contributed by atoms with Gasteiger partial charge in [0.15, 0.2) is 0 Å². The Balaban J connectivity index is 1.66. The summed E-state index contributed by atoms with van der Waals surface area (Å²) in [5, 5.41) is 1.75. The molecule has 1 aliphatic rings. The summed E-state index contributed by atoms with van der Waals surface area (Å²) in [5.74, 6) is -0.586. The van der Waals surface area contributed by atoms with E-state index in [2.05, 4.69) is 15.0 Å². The summed E-state index contributed by atoms with van der Waals surface area (Å²) < 4.78 is 5.61. The van der Waals surface area contributed by atoms with Gasteiger partial charge in [0.2, 0.25) is 0 Å². The van der Waals surface area contributed by atoms with Gasteiger partial charge in [-0.3, -0.25) is 14.6 Å². The number of hydrogen-bond donors (Lipinski definition) is 1. The molecule has 24 heavy (non-hydrogen) atoms. The normalized spacial score (nSPS) is 18.2. The van der Waals surface area contributed by atoms with Crippen molar-refractivity contribution in [1.29, 1.82) is 0 Å². The lowest BCUT2D eigenvalue weighted by Crippen LogP contribution is -2.36. The van der Waals surface area contributed by atoms with Crippen LogP contribution in [0, 0.1) is 5.92 Å². The van der Waals surface area contributed by atoms with E-state index in [9.17, 15) is 9.59 Å². The van der Waals surface area contributed by atoms with Crippen molar-refractivity contribution < 1.29 is 14.3 Å². The van der Waals surface area contributed by atoms with Crippen LogP contribution in [0.3, 0.4) is 0 Å². The molecule has 1 aliphatic heterocycles. The predicted octanol–water partition coefficient (Wildman–Crippen LogP) is 0.363. The molecule has 0 unspecified atom stereocenters. The zero-order chi connectivity index (χ0) is 16.9. The fourth-order valence-corrected chi connectivity index (χ4v) is 3.08. The number of nitrogens with two attached hydrogens (primary N) is 1. The Labute approximate surface area is 142 Å². The maximum atomic E-state index is 12.5. The minimum Gasteiger partial charge on any atom is -0.379 e. The fourth-order valence-electron chi connectivity index (χ4n) is 2.55. The number of primary amides is 1. The Bertz CT molecular complexity index is 704. The lowest BCUT2D eigenvalue weighted by atomic mass is 10.0. The highest BCUT2D eigenvalue weighted by atomic mass is 32.1. The van der Waals surface area contributed by atoms with E-state index < -0.39 is 5.91 Å². The molecule has 1 atom stereocenters. The zero-order valence-corrected chi connectivity index (χ0v) is 13.7. The third kappa shape index (κ3) is 3.92. The minimum atomic E-state index is -0.605. The average Bonchev–Trinajstić information content (AvgIpc) is 3.02. The van der Waals surface area contributed by atoms with Crippen molar-refractivity contribution in [3.05, 3.63) is 40.4 Å². The quantitative estimate of drug-likeness (QED) is 0.855. The molecule has 2 amide bonds. The summed E-state index contributed by atoms with van der Waals surface area (Å²) in [4.78, 5) is 37.5. The molecule has 0 aromatic carbocycles. The van der Waals surface area contributed by atoms with Crippen molar-refractivity contribution in [3.8, 4) is 0 Å². The van der Waals surface area contributed by atoms with Crippen LogP contribution in [0.2, 0.25) is 0 Å². The summed E-state index contributed by atoms with van der Waals surface area (Å²) in [6.07, 6.45) is 3.51. The van der Waals surface area contributed by atoms with Gasteiger partial charge >= 0.3 is 0 Å². The van der Waals surface area contributed by atoms with Gasteiger partial charge in [0, 0.05) is 30.6 Å². The summed E-state index contributed by atoms with van der Waals surface area (Å²) in [6, 6.07) is 0. The Morgan fingerprint density at radius 2 is 2.17 bits per heavy atom. The highest BCUT2D eigenvalue weighted by Crippen LogP contribution is 2.15. The second-order valence-electron chi connectivity index (χ2n) is 5.53. The van der Waals surface area contributed by atoms with Gasteiger partial charge in [-0.2, -0.15) is 0 Å². The molecule has 3 rings (SSSR count). The zero-order valence-electron chi connectivity index (χ0n) is 12.9. The van der Waals surface area contributed by atoms with Crippen LogP contribution in [0.5, 0.6) is 0 Å². The van der Waals surface area contributed by atoms with E-state index in [0.717, 1.165) is 5.69 Å². The predicted molar refractivity (Wildman–Crippen MR) is 86.6 cm³/mol. The van der Waals surface area contributed by atoms with Crippen molar-refractivity contribution in [2.45, 2.75) is 6.42 Å². The maximum absolute atomic E-state index is 12.5. The minimum absolute atomic E-state index is 0.0816. The number of carbonyl (C=O) groups excluding carboxylic acids is 2. The first kappa shape index (κ1) is 16.5. The largest absolute Gasteiger partial charge is 0.379 e. The standard InChI is InChI=1S/C15H17N5O3S/c16-14(21)12-5-17-11(4-18-12)3-10-6-20(1-2-23-7-10)15(22)13-8-24-9-19-13/h4-5,8-10H,1-3,6-7H2,(H2,16,21)/t10-/m0/s1. The van der Waals surface area contributed by atoms with E-state index in [1.165, 1.54) is 23.7 Å². The lowest BCUT2D eigenvalue weighted by Gasteiger charge is -2.22. The van der Waals surface area contributed by atoms with Gasteiger partial charge in [-0.15, -0.1) is 11.3 Å². The van der Waals surface area contributed by atoms with Gasteiger partial charge in [0.1, 0.15) is 11.4 Å². The molecule has 2 N–H and O–H groups in total. The molecule has 1 fully saturated rings. The molecule has 2 aromatic heterocycles. The van der Waals surface area contributed by atoms with Gasteiger partial charge in [0.25, 0.3) is 11.8 Å². The molecule has 1 saturated heterocycles. The van der Waals surface area contributed by atoms with Gasteiger partial charge in [-0.25, -0.2) is 9.97 Å². The highest BCUT2D eigenvalue weighted by Gasteiger charge is 2.25. The molecule has 0 aliphatic carbocycles. The highest BCUT2D eigenvalue weighted by molar-refractivity contribution is 7.07. The van der Waals surface area contributed by atoms with Crippen molar-refractivity contribution in [2.24, 2.45) is 11.7 Å². The number of hydrogen-bond acceptors (Lipinski definition) is 7. The molecular weight excluding hydrogens is 330 g/mol. The summed E-state index contributed by atoms with van der Waals surface area (Å²) >= 11 is 1.40. The van der Waals surface area contributed by atoms with E-state index in [1.54, 1.807) is 15.8 Å². The molecular formula is C15H17N5O3S. The number of ether oxygens (including phenoxy) is 1. The number of aromatic nitrogens is 3. The van der Waals surface area contributed by atoms with Crippen molar-refractivity contribution in [1.82, 2.24) is 19.9 Å². The first-order chi connectivity index (χ1) is 11.6. The Kier molecular flexibility index (Phi) is 5.11. The summed E-state index contributed by atoms with van der Waals surface area (Å²) in [6.45, 7) is 2.15.